The molecule has 20 heavy (non-hydrogen) atoms. The highest BCUT2D eigenvalue weighted by Gasteiger charge is 2.24. The molecule has 2 aromatic rings. The zero-order valence-corrected chi connectivity index (χ0v) is 10.9. The van der Waals surface area contributed by atoms with Crippen molar-refractivity contribution in [3.63, 3.8) is 0 Å². The van der Waals surface area contributed by atoms with Gasteiger partial charge in [0.25, 0.3) is 11.6 Å². The predicted octanol–water partition coefficient (Wildman–Crippen LogP) is 1.73. The Morgan fingerprint density at radius 1 is 1.55 bits per heavy atom. The molecule has 1 amide bonds. The number of nitrogens with two attached hydrogens (primary N) is 1. The van der Waals surface area contributed by atoms with E-state index in [0.29, 0.717) is 5.82 Å². The number of amides is 1. The second-order valence-electron chi connectivity index (χ2n) is 3.71. The number of anilines is 2. The number of nitrogen functional groups attached to an aromatic ring is 1. The number of carbonyl (C=O) groups is 1. The Morgan fingerprint density at radius 3 is 2.80 bits per heavy atom. The Bertz CT molecular complexity index is 702. The molecule has 0 unspecified atom stereocenters. The van der Waals surface area contributed by atoms with Crippen LogP contribution in [0.25, 0.3) is 0 Å². The lowest BCUT2D eigenvalue weighted by molar-refractivity contribution is -0.384. The molecule has 0 spiro atoms. The summed E-state index contributed by atoms with van der Waals surface area (Å²) in [6, 6.07) is 1.71. The molecule has 0 aliphatic rings. The van der Waals surface area contributed by atoms with E-state index in [2.05, 4.69) is 14.7 Å². The van der Waals surface area contributed by atoms with Crippen molar-refractivity contribution in [2.75, 3.05) is 11.1 Å². The van der Waals surface area contributed by atoms with Crippen molar-refractivity contribution in [1.29, 1.82) is 0 Å². The van der Waals surface area contributed by atoms with Gasteiger partial charge >= 0.3 is 0 Å². The molecule has 0 bridgehead atoms. The number of hydrogen-bond donors (Lipinski definition) is 2. The minimum Gasteiger partial charge on any atom is -0.392 e. The van der Waals surface area contributed by atoms with Crippen LogP contribution in [-0.4, -0.2) is 20.2 Å². The first kappa shape index (κ1) is 13.8. The minimum atomic E-state index is -0.952. The van der Waals surface area contributed by atoms with Gasteiger partial charge in [-0.1, -0.05) is 0 Å². The quantitative estimate of drug-likeness (QED) is 0.505. The SMILES string of the molecule is Cc1nsc(NC(=O)c2c(F)ccc([N+](=O)[O-])c2N)n1. The molecule has 0 fully saturated rings. The second-order valence-corrected chi connectivity index (χ2v) is 4.47. The predicted molar refractivity (Wildman–Crippen MR) is 70.1 cm³/mol. The van der Waals surface area contributed by atoms with Gasteiger partial charge in [-0.2, -0.15) is 4.37 Å². The van der Waals surface area contributed by atoms with E-state index in [4.69, 9.17) is 5.73 Å². The number of nitro groups is 1. The smallest absolute Gasteiger partial charge is 0.293 e. The fourth-order valence-corrected chi connectivity index (χ4v) is 2.05. The fraction of sp³-hybridized carbons (Fsp3) is 0.100. The van der Waals surface area contributed by atoms with Crippen molar-refractivity contribution in [2.24, 2.45) is 0 Å². The summed E-state index contributed by atoms with van der Waals surface area (Å²) in [5.41, 5.74) is 3.81. The van der Waals surface area contributed by atoms with E-state index < -0.39 is 33.6 Å². The molecule has 0 aliphatic heterocycles. The third-order valence-corrected chi connectivity index (χ3v) is 3.07. The van der Waals surface area contributed by atoms with Gasteiger partial charge in [-0.15, -0.1) is 0 Å². The molecule has 0 saturated carbocycles. The maximum atomic E-state index is 13.7. The average molecular weight is 297 g/mol. The third-order valence-electron chi connectivity index (χ3n) is 2.34. The zero-order chi connectivity index (χ0) is 14.9. The molecular formula is C10H8FN5O3S. The number of nitrogens with one attached hydrogen (secondary N) is 1. The van der Waals surface area contributed by atoms with Crippen LogP contribution < -0.4 is 11.1 Å². The molecule has 0 atom stereocenters. The number of benzene rings is 1. The highest BCUT2D eigenvalue weighted by molar-refractivity contribution is 7.09. The summed E-state index contributed by atoms with van der Waals surface area (Å²) in [5, 5.41) is 13.2. The van der Waals surface area contributed by atoms with Crippen molar-refractivity contribution in [1.82, 2.24) is 9.36 Å². The highest BCUT2D eigenvalue weighted by Crippen LogP contribution is 2.28. The van der Waals surface area contributed by atoms with Crippen LogP contribution in [0, 0.1) is 22.9 Å². The van der Waals surface area contributed by atoms with Crippen LogP contribution in [0.2, 0.25) is 0 Å². The Labute approximate surface area is 115 Å². The number of aryl methyl sites for hydroxylation is 1. The maximum absolute atomic E-state index is 13.7. The first-order valence-electron chi connectivity index (χ1n) is 5.24. The van der Waals surface area contributed by atoms with E-state index in [-0.39, 0.29) is 5.13 Å². The van der Waals surface area contributed by atoms with Crippen LogP contribution in [0.3, 0.4) is 0 Å². The molecule has 1 heterocycles. The van der Waals surface area contributed by atoms with Gasteiger partial charge in [0.1, 0.15) is 22.9 Å². The van der Waals surface area contributed by atoms with Gasteiger partial charge < -0.3 is 5.73 Å². The molecule has 2 rings (SSSR count). The first-order valence-corrected chi connectivity index (χ1v) is 6.01. The van der Waals surface area contributed by atoms with Crippen molar-refractivity contribution in [2.45, 2.75) is 6.92 Å². The number of carbonyl (C=O) groups excluding carboxylic acids is 1. The summed E-state index contributed by atoms with van der Waals surface area (Å²) in [5.74, 6) is -1.43. The van der Waals surface area contributed by atoms with Gasteiger partial charge in [0, 0.05) is 17.6 Å². The molecule has 104 valence electrons. The van der Waals surface area contributed by atoms with Crippen LogP contribution in [0.5, 0.6) is 0 Å². The van der Waals surface area contributed by atoms with Gasteiger partial charge in [-0.25, -0.2) is 9.37 Å². The van der Waals surface area contributed by atoms with E-state index in [9.17, 15) is 19.3 Å². The molecule has 1 aromatic heterocycles. The fourth-order valence-electron chi connectivity index (χ4n) is 1.48. The van der Waals surface area contributed by atoms with Crippen molar-refractivity contribution < 1.29 is 14.1 Å². The molecule has 8 nitrogen and oxygen atoms in total. The van der Waals surface area contributed by atoms with Gasteiger partial charge in [0.2, 0.25) is 5.13 Å². The van der Waals surface area contributed by atoms with E-state index in [1.807, 2.05) is 0 Å². The number of halogens is 1. The molecule has 0 radical (unpaired) electrons. The maximum Gasteiger partial charge on any atom is 0.293 e. The number of hydrogen-bond acceptors (Lipinski definition) is 7. The molecule has 1 aromatic carbocycles. The summed E-state index contributed by atoms with van der Waals surface area (Å²) >= 11 is 0.905. The lowest BCUT2D eigenvalue weighted by atomic mass is 10.1. The normalized spacial score (nSPS) is 10.3. The topological polar surface area (TPSA) is 124 Å². The van der Waals surface area contributed by atoms with Crippen LogP contribution in [-0.2, 0) is 0 Å². The van der Waals surface area contributed by atoms with Gasteiger partial charge in [-0.05, 0) is 13.0 Å². The summed E-state index contributed by atoms with van der Waals surface area (Å²) in [6.07, 6.45) is 0. The molecule has 0 saturated heterocycles. The van der Waals surface area contributed by atoms with Crippen molar-refractivity contribution in [3.8, 4) is 0 Å². The van der Waals surface area contributed by atoms with Crippen LogP contribution in [0.15, 0.2) is 12.1 Å². The van der Waals surface area contributed by atoms with Crippen molar-refractivity contribution >= 4 is 33.9 Å². The van der Waals surface area contributed by atoms with E-state index in [1.165, 1.54) is 0 Å². The monoisotopic (exact) mass is 297 g/mol. The standard InChI is InChI=1S/C10H8FN5O3S/c1-4-13-10(20-15-4)14-9(17)7-5(11)2-3-6(8(7)12)16(18)19/h2-3H,12H2,1H3,(H,13,14,15,17). The van der Waals surface area contributed by atoms with Crippen LogP contribution in [0.1, 0.15) is 16.2 Å². The Balaban J connectivity index is 2.38. The number of nitro benzene ring substituents is 1. The van der Waals surface area contributed by atoms with Crippen LogP contribution in [0.4, 0.5) is 20.9 Å². The van der Waals surface area contributed by atoms with Crippen LogP contribution >= 0.6 is 11.5 Å². The Kier molecular flexibility index (Phi) is 3.57. The van der Waals surface area contributed by atoms with E-state index >= 15 is 0 Å². The molecule has 10 heteroatoms. The number of aromatic nitrogens is 2. The highest BCUT2D eigenvalue weighted by atomic mass is 32.1. The lowest BCUT2D eigenvalue weighted by Gasteiger charge is -2.06. The second kappa shape index (κ2) is 5.17. The summed E-state index contributed by atoms with van der Waals surface area (Å²) in [4.78, 5) is 25.7. The number of rotatable bonds is 3. The third kappa shape index (κ3) is 2.54. The first-order chi connectivity index (χ1) is 9.40. The molecular weight excluding hydrogens is 289 g/mol. The molecule has 0 aliphatic carbocycles. The summed E-state index contributed by atoms with van der Waals surface area (Å²) in [7, 11) is 0. The van der Waals surface area contributed by atoms with Crippen molar-refractivity contribution in [3.05, 3.63) is 39.5 Å². The minimum absolute atomic E-state index is 0.151. The van der Waals surface area contributed by atoms with E-state index in [0.717, 1.165) is 23.7 Å². The summed E-state index contributed by atoms with van der Waals surface area (Å²) < 4.78 is 17.5. The number of nitrogens with zero attached hydrogens (tertiary/aromatic N) is 3. The molecule has 3 N–H and O–H groups in total. The Morgan fingerprint density at radius 2 is 2.25 bits per heavy atom. The van der Waals surface area contributed by atoms with E-state index in [1.54, 1.807) is 6.92 Å². The zero-order valence-electron chi connectivity index (χ0n) is 10.1. The average Bonchev–Trinajstić information content (AvgIpc) is 2.74. The summed E-state index contributed by atoms with van der Waals surface area (Å²) in [6.45, 7) is 1.62. The lowest BCUT2D eigenvalue weighted by Crippen LogP contribution is -2.17. The van der Waals surface area contributed by atoms with Gasteiger partial charge in [-0.3, -0.25) is 20.2 Å². The van der Waals surface area contributed by atoms with Gasteiger partial charge in [0.15, 0.2) is 0 Å². The largest absolute Gasteiger partial charge is 0.392 e. The van der Waals surface area contributed by atoms with Gasteiger partial charge in [0.05, 0.1) is 4.92 Å². The Hall–Kier alpha value is -2.62.